The van der Waals surface area contributed by atoms with E-state index in [2.05, 4.69) is 0 Å². The minimum Gasteiger partial charge on any atom is -0.427 e. The first kappa shape index (κ1) is 6.11. The van der Waals surface area contributed by atoms with E-state index in [-0.39, 0.29) is 0 Å². The van der Waals surface area contributed by atoms with E-state index in [1.54, 1.807) is 0 Å². The molecule has 8 heavy (non-hydrogen) atoms. The molecule has 1 saturated heterocycles. The van der Waals surface area contributed by atoms with Crippen molar-refractivity contribution >= 4 is 7.12 Å². The molecule has 0 saturated carbocycles. The lowest BCUT2D eigenvalue weighted by atomic mass is 9.69. The SMILES string of the molecule is CC1CCCOB1O. The fraction of sp³-hybridized carbons (Fsp3) is 1.00. The second-order valence-corrected chi connectivity index (χ2v) is 2.38. The summed E-state index contributed by atoms with van der Waals surface area (Å²) in [7, 11) is -0.497. The molecule has 1 fully saturated rings. The van der Waals surface area contributed by atoms with Gasteiger partial charge in [0.05, 0.1) is 0 Å². The summed E-state index contributed by atoms with van der Waals surface area (Å²) in [6.07, 6.45) is 2.19. The van der Waals surface area contributed by atoms with Gasteiger partial charge in [0.25, 0.3) is 0 Å². The van der Waals surface area contributed by atoms with Crippen LogP contribution >= 0.6 is 0 Å². The third-order valence-electron chi connectivity index (χ3n) is 1.58. The van der Waals surface area contributed by atoms with Crippen molar-refractivity contribution in [3.63, 3.8) is 0 Å². The standard InChI is InChI=1S/C5H11BO2/c1-5-3-2-4-8-6(5)7/h5,7H,2-4H2,1H3. The topological polar surface area (TPSA) is 29.5 Å². The Balaban J connectivity index is 2.28. The molecular weight excluding hydrogens is 103 g/mol. The molecule has 0 aromatic heterocycles. The van der Waals surface area contributed by atoms with Crippen LogP contribution in [0, 0.1) is 0 Å². The van der Waals surface area contributed by atoms with Crippen LogP contribution in [0.2, 0.25) is 5.82 Å². The van der Waals surface area contributed by atoms with E-state index in [0.717, 1.165) is 19.4 Å². The quantitative estimate of drug-likeness (QED) is 0.469. The van der Waals surface area contributed by atoms with Gasteiger partial charge in [-0.15, -0.1) is 0 Å². The van der Waals surface area contributed by atoms with Gasteiger partial charge in [-0.05, 0) is 12.2 Å². The summed E-state index contributed by atoms with van der Waals surface area (Å²) in [6, 6.07) is 0. The summed E-state index contributed by atoms with van der Waals surface area (Å²) < 4.78 is 4.95. The maximum Gasteiger partial charge on any atom is 0.457 e. The van der Waals surface area contributed by atoms with E-state index in [4.69, 9.17) is 9.68 Å². The first-order valence-corrected chi connectivity index (χ1v) is 3.10. The highest BCUT2D eigenvalue weighted by molar-refractivity contribution is 6.44. The van der Waals surface area contributed by atoms with E-state index in [1.165, 1.54) is 0 Å². The summed E-state index contributed by atoms with van der Waals surface area (Å²) in [5.41, 5.74) is 0. The van der Waals surface area contributed by atoms with Crippen LogP contribution in [0.15, 0.2) is 0 Å². The molecule has 0 aromatic carbocycles. The lowest BCUT2D eigenvalue weighted by Gasteiger charge is -2.20. The van der Waals surface area contributed by atoms with Gasteiger partial charge in [0, 0.05) is 6.61 Å². The Morgan fingerprint density at radius 3 is 2.88 bits per heavy atom. The Labute approximate surface area is 50.0 Å². The second-order valence-electron chi connectivity index (χ2n) is 2.38. The first-order valence-electron chi connectivity index (χ1n) is 3.10. The molecule has 3 heteroatoms. The lowest BCUT2D eigenvalue weighted by molar-refractivity contribution is 0.215. The van der Waals surface area contributed by atoms with Crippen LogP contribution in [-0.4, -0.2) is 18.7 Å². The predicted octanol–water partition coefficient (Wildman–Crippen LogP) is 0.667. The van der Waals surface area contributed by atoms with E-state index in [0.29, 0.717) is 5.82 Å². The maximum absolute atomic E-state index is 8.96. The zero-order chi connectivity index (χ0) is 5.98. The largest absolute Gasteiger partial charge is 0.457 e. The van der Waals surface area contributed by atoms with Crippen molar-refractivity contribution in [2.75, 3.05) is 6.61 Å². The van der Waals surface area contributed by atoms with Crippen molar-refractivity contribution in [1.29, 1.82) is 0 Å². The fourth-order valence-corrected chi connectivity index (χ4v) is 0.916. The second kappa shape index (κ2) is 2.51. The third kappa shape index (κ3) is 1.23. The molecular formula is C5H11BO2. The van der Waals surface area contributed by atoms with Crippen molar-refractivity contribution in [3.8, 4) is 0 Å². The smallest absolute Gasteiger partial charge is 0.427 e. The Hall–Kier alpha value is -0.0151. The highest BCUT2D eigenvalue weighted by atomic mass is 16.5. The van der Waals surface area contributed by atoms with Crippen molar-refractivity contribution in [1.82, 2.24) is 0 Å². The Kier molecular flexibility index (Phi) is 1.92. The molecule has 0 bridgehead atoms. The molecule has 1 unspecified atom stereocenters. The Morgan fingerprint density at radius 1 is 1.75 bits per heavy atom. The Bertz CT molecular complexity index is 66.8. The van der Waals surface area contributed by atoms with Crippen LogP contribution in [0.4, 0.5) is 0 Å². The normalized spacial score (nSPS) is 30.8. The zero-order valence-electron chi connectivity index (χ0n) is 5.13. The average molecular weight is 114 g/mol. The molecule has 1 N–H and O–H groups in total. The summed E-state index contributed by atoms with van der Waals surface area (Å²) >= 11 is 0. The third-order valence-corrected chi connectivity index (χ3v) is 1.58. The molecule has 46 valence electrons. The van der Waals surface area contributed by atoms with Gasteiger partial charge < -0.3 is 9.68 Å². The molecule has 1 aliphatic rings. The van der Waals surface area contributed by atoms with Gasteiger partial charge in [-0.25, -0.2) is 0 Å². The molecule has 0 radical (unpaired) electrons. The monoisotopic (exact) mass is 114 g/mol. The van der Waals surface area contributed by atoms with Crippen LogP contribution in [-0.2, 0) is 4.65 Å². The maximum atomic E-state index is 8.96. The zero-order valence-corrected chi connectivity index (χ0v) is 5.13. The molecule has 2 nitrogen and oxygen atoms in total. The van der Waals surface area contributed by atoms with Gasteiger partial charge in [-0.2, -0.15) is 0 Å². The highest BCUT2D eigenvalue weighted by Gasteiger charge is 2.25. The minimum absolute atomic E-state index is 0.337. The molecule has 0 spiro atoms. The van der Waals surface area contributed by atoms with Crippen LogP contribution in [0.1, 0.15) is 19.8 Å². The molecule has 1 rings (SSSR count). The number of hydrogen-bond acceptors (Lipinski definition) is 2. The summed E-state index contributed by atoms with van der Waals surface area (Å²) in [5.74, 6) is 0.337. The van der Waals surface area contributed by atoms with Gasteiger partial charge in [-0.3, -0.25) is 0 Å². The molecule has 1 heterocycles. The van der Waals surface area contributed by atoms with Crippen LogP contribution in [0.5, 0.6) is 0 Å². The molecule has 0 amide bonds. The van der Waals surface area contributed by atoms with Crippen LogP contribution < -0.4 is 0 Å². The molecule has 1 atom stereocenters. The van der Waals surface area contributed by atoms with Crippen LogP contribution in [0.25, 0.3) is 0 Å². The van der Waals surface area contributed by atoms with Gasteiger partial charge in [0.2, 0.25) is 0 Å². The van der Waals surface area contributed by atoms with E-state index < -0.39 is 7.12 Å². The minimum atomic E-state index is -0.497. The van der Waals surface area contributed by atoms with E-state index >= 15 is 0 Å². The van der Waals surface area contributed by atoms with Crippen LogP contribution in [0.3, 0.4) is 0 Å². The van der Waals surface area contributed by atoms with Crippen molar-refractivity contribution in [3.05, 3.63) is 0 Å². The molecule has 0 aliphatic carbocycles. The predicted molar refractivity (Wildman–Crippen MR) is 32.6 cm³/mol. The van der Waals surface area contributed by atoms with Gasteiger partial charge >= 0.3 is 7.12 Å². The summed E-state index contributed by atoms with van der Waals surface area (Å²) in [6.45, 7) is 2.73. The van der Waals surface area contributed by atoms with E-state index in [1.807, 2.05) is 6.92 Å². The van der Waals surface area contributed by atoms with Crippen molar-refractivity contribution in [2.45, 2.75) is 25.6 Å². The van der Waals surface area contributed by atoms with Gasteiger partial charge in [0.1, 0.15) is 0 Å². The van der Waals surface area contributed by atoms with Gasteiger partial charge in [0.15, 0.2) is 0 Å². The summed E-state index contributed by atoms with van der Waals surface area (Å²) in [5, 5.41) is 8.96. The van der Waals surface area contributed by atoms with E-state index in [9.17, 15) is 0 Å². The molecule has 0 aromatic rings. The van der Waals surface area contributed by atoms with Crippen molar-refractivity contribution in [2.24, 2.45) is 0 Å². The first-order chi connectivity index (χ1) is 3.80. The average Bonchev–Trinajstić information content (AvgIpc) is 1.77. The van der Waals surface area contributed by atoms with Gasteiger partial charge in [-0.1, -0.05) is 13.3 Å². The van der Waals surface area contributed by atoms with Crippen molar-refractivity contribution < 1.29 is 9.68 Å². The summed E-state index contributed by atoms with van der Waals surface area (Å²) in [4.78, 5) is 0. The number of rotatable bonds is 0. The Morgan fingerprint density at radius 2 is 2.50 bits per heavy atom. The lowest BCUT2D eigenvalue weighted by Crippen LogP contribution is -2.28. The highest BCUT2D eigenvalue weighted by Crippen LogP contribution is 2.20. The fourth-order valence-electron chi connectivity index (χ4n) is 0.916. The number of hydrogen-bond donors (Lipinski definition) is 1. The molecule has 1 aliphatic heterocycles.